The number of nitrogens with zero attached hydrogens (tertiary/aromatic N) is 1. The summed E-state index contributed by atoms with van der Waals surface area (Å²) in [7, 11) is 0. The summed E-state index contributed by atoms with van der Waals surface area (Å²) in [6, 6.07) is 13.7. The number of anilines is 2. The molecule has 0 atom stereocenters. The zero-order chi connectivity index (χ0) is 14.1. The molecule has 0 saturated carbocycles. The lowest BCUT2D eigenvalue weighted by Crippen LogP contribution is -1.93. The number of nitrogens with one attached hydrogen (secondary N) is 1. The molecule has 1 aromatic heterocycles. The highest BCUT2D eigenvalue weighted by Crippen LogP contribution is 2.43. The minimum absolute atomic E-state index is 0.0638. The van der Waals surface area contributed by atoms with Crippen LogP contribution in [0.1, 0.15) is 0 Å². The highest BCUT2D eigenvalue weighted by Gasteiger charge is 2.22. The van der Waals surface area contributed by atoms with Gasteiger partial charge in [-0.25, -0.2) is 0 Å². The highest BCUT2D eigenvalue weighted by atomic mass is 32.1. The van der Waals surface area contributed by atoms with Crippen LogP contribution in [0.3, 0.4) is 0 Å². The third-order valence-electron chi connectivity index (χ3n) is 2.86. The summed E-state index contributed by atoms with van der Waals surface area (Å²) in [5.41, 5.74) is 0.675. The molecule has 0 fully saturated rings. The largest absolute Gasteiger partial charge is 0.508 e. The number of rotatable bonds is 3. The SMILES string of the molecule is O=[N+]([O-])c1c(Nc2cccc(O)c2)sc2ccccc12. The molecule has 3 aromatic rings. The van der Waals surface area contributed by atoms with Crippen LogP contribution in [-0.4, -0.2) is 10.0 Å². The molecule has 0 bridgehead atoms. The first kappa shape index (κ1) is 12.4. The Labute approximate surface area is 118 Å². The lowest BCUT2D eigenvalue weighted by atomic mass is 10.2. The van der Waals surface area contributed by atoms with Crippen LogP contribution in [0.2, 0.25) is 0 Å². The van der Waals surface area contributed by atoms with Gasteiger partial charge in [-0.3, -0.25) is 10.1 Å². The number of aromatic hydroxyl groups is 1. The van der Waals surface area contributed by atoms with Crippen molar-refractivity contribution in [2.75, 3.05) is 5.32 Å². The maximum atomic E-state index is 11.3. The topological polar surface area (TPSA) is 75.4 Å². The molecule has 6 heteroatoms. The number of hydrogen-bond acceptors (Lipinski definition) is 5. The van der Waals surface area contributed by atoms with Gasteiger partial charge in [0.25, 0.3) is 0 Å². The molecule has 0 saturated heterocycles. The number of thiophene rings is 1. The number of hydrogen-bond donors (Lipinski definition) is 2. The maximum Gasteiger partial charge on any atom is 0.311 e. The van der Waals surface area contributed by atoms with E-state index in [1.54, 1.807) is 30.3 Å². The van der Waals surface area contributed by atoms with Gasteiger partial charge >= 0.3 is 5.69 Å². The van der Waals surface area contributed by atoms with Gasteiger partial charge in [-0.2, -0.15) is 0 Å². The summed E-state index contributed by atoms with van der Waals surface area (Å²) in [4.78, 5) is 10.9. The number of phenols is 1. The second kappa shape index (κ2) is 4.82. The van der Waals surface area contributed by atoms with Gasteiger partial charge in [0, 0.05) is 16.5 Å². The molecule has 0 aliphatic heterocycles. The highest BCUT2D eigenvalue weighted by molar-refractivity contribution is 7.23. The monoisotopic (exact) mass is 286 g/mol. The maximum absolute atomic E-state index is 11.3. The van der Waals surface area contributed by atoms with Crippen molar-refractivity contribution in [2.45, 2.75) is 0 Å². The van der Waals surface area contributed by atoms with Crippen molar-refractivity contribution in [3.05, 3.63) is 58.6 Å². The van der Waals surface area contributed by atoms with Crippen molar-refractivity contribution in [2.24, 2.45) is 0 Å². The van der Waals surface area contributed by atoms with Crippen LogP contribution < -0.4 is 5.32 Å². The van der Waals surface area contributed by atoms with Crippen LogP contribution in [0.5, 0.6) is 5.75 Å². The van der Waals surface area contributed by atoms with E-state index >= 15 is 0 Å². The second-order valence-corrected chi connectivity index (χ2v) is 5.26. The van der Waals surface area contributed by atoms with Crippen LogP contribution in [0.15, 0.2) is 48.5 Å². The molecular weight excluding hydrogens is 276 g/mol. The van der Waals surface area contributed by atoms with E-state index in [4.69, 9.17) is 0 Å². The van der Waals surface area contributed by atoms with Crippen molar-refractivity contribution in [1.29, 1.82) is 0 Å². The minimum atomic E-state index is -0.385. The summed E-state index contributed by atoms with van der Waals surface area (Å²) in [6.45, 7) is 0. The van der Waals surface area contributed by atoms with Crippen LogP contribution in [0, 0.1) is 10.1 Å². The fourth-order valence-electron chi connectivity index (χ4n) is 2.01. The van der Waals surface area contributed by atoms with E-state index in [-0.39, 0.29) is 16.4 Å². The molecule has 2 N–H and O–H groups in total. The molecule has 0 spiro atoms. The Balaban J connectivity index is 2.11. The van der Waals surface area contributed by atoms with Gasteiger partial charge < -0.3 is 10.4 Å². The Morgan fingerprint density at radius 3 is 2.70 bits per heavy atom. The summed E-state index contributed by atoms with van der Waals surface area (Å²) in [5, 5.41) is 24.8. The first-order chi connectivity index (χ1) is 9.65. The second-order valence-electron chi connectivity index (χ2n) is 4.21. The number of nitro groups is 1. The Morgan fingerprint density at radius 1 is 1.15 bits per heavy atom. The normalized spacial score (nSPS) is 10.6. The first-order valence-electron chi connectivity index (χ1n) is 5.87. The van der Waals surface area contributed by atoms with Crippen molar-refractivity contribution in [3.8, 4) is 5.75 Å². The van der Waals surface area contributed by atoms with Crippen molar-refractivity contribution >= 4 is 37.8 Å². The van der Waals surface area contributed by atoms with Gasteiger partial charge in [-0.15, -0.1) is 11.3 Å². The molecule has 3 rings (SSSR count). The van der Waals surface area contributed by atoms with E-state index in [0.717, 1.165) is 4.70 Å². The lowest BCUT2D eigenvalue weighted by Gasteiger charge is -2.03. The quantitative estimate of drug-likeness (QED) is 0.557. The van der Waals surface area contributed by atoms with Crippen molar-refractivity contribution < 1.29 is 10.0 Å². The third kappa shape index (κ3) is 2.17. The van der Waals surface area contributed by atoms with Crippen LogP contribution in [0.4, 0.5) is 16.4 Å². The zero-order valence-corrected chi connectivity index (χ0v) is 11.1. The Bertz CT molecular complexity index is 798. The first-order valence-corrected chi connectivity index (χ1v) is 6.69. The zero-order valence-electron chi connectivity index (χ0n) is 10.2. The van der Waals surface area contributed by atoms with E-state index in [1.807, 2.05) is 12.1 Å². The van der Waals surface area contributed by atoms with Crippen LogP contribution in [-0.2, 0) is 0 Å². The molecule has 20 heavy (non-hydrogen) atoms. The molecular formula is C14H10N2O3S. The molecule has 0 aliphatic rings. The van der Waals surface area contributed by atoms with Crippen molar-refractivity contribution in [1.82, 2.24) is 0 Å². The van der Waals surface area contributed by atoms with E-state index in [0.29, 0.717) is 16.1 Å². The molecule has 0 radical (unpaired) electrons. The smallest absolute Gasteiger partial charge is 0.311 e. The van der Waals surface area contributed by atoms with E-state index in [2.05, 4.69) is 5.32 Å². The van der Waals surface area contributed by atoms with Crippen LogP contribution in [0.25, 0.3) is 10.1 Å². The Morgan fingerprint density at radius 2 is 1.95 bits per heavy atom. The Hall–Kier alpha value is -2.60. The molecule has 100 valence electrons. The molecule has 1 heterocycles. The predicted molar refractivity (Wildman–Crippen MR) is 79.9 cm³/mol. The molecule has 2 aromatic carbocycles. The number of phenolic OH excluding ortho intramolecular Hbond substituents is 1. The summed E-state index contributed by atoms with van der Waals surface area (Å²) in [5.74, 6) is 0.110. The summed E-state index contributed by atoms with van der Waals surface area (Å²) < 4.78 is 0.849. The molecule has 0 unspecified atom stereocenters. The standard InChI is InChI=1S/C14H10N2O3S/c17-10-5-3-4-9(8-10)15-14-13(16(18)19)11-6-1-2-7-12(11)20-14/h1-8,15,17H. The molecule has 0 amide bonds. The van der Waals surface area contributed by atoms with E-state index in [9.17, 15) is 15.2 Å². The van der Waals surface area contributed by atoms with E-state index in [1.165, 1.54) is 17.4 Å². The fourth-order valence-corrected chi connectivity index (χ4v) is 3.10. The van der Waals surface area contributed by atoms with Gasteiger partial charge in [0.1, 0.15) is 5.75 Å². The van der Waals surface area contributed by atoms with Gasteiger partial charge in [-0.1, -0.05) is 18.2 Å². The van der Waals surface area contributed by atoms with E-state index < -0.39 is 0 Å². The fraction of sp³-hybridized carbons (Fsp3) is 0. The molecule has 5 nitrogen and oxygen atoms in total. The van der Waals surface area contributed by atoms with Crippen LogP contribution >= 0.6 is 11.3 Å². The van der Waals surface area contributed by atoms with Gasteiger partial charge in [0.2, 0.25) is 0 Å². The Kier molecular flexibility index (Phi) is 3.00. The lowest BCUT2D eigenvalue weighted by molar-refractivity contribution is -0.381. The summed E-state index contributed by atoms with van der Waals surface area (Å²) in [6.07, 6.45) is 0. The summed E-state index contributed by atoms with van der Waals surface area (Å²) >= 11 is 1.32. The predicted octanol–water partition coefficient (Wildman–Crippen LogP) is 4.26. The molecule has 0 aliphatic carbocycles. The average Bonchev–Trinajstić information content (AvgIpc) is 2.76. The minimum Gasteiger partial charge on any atom is -0.508 e. The van der Waals surface area contributed by atoms with Gasteiger partial charge in [-0.05, 0) is 24.3 Å². The van der Waals surface area contributed by atoms with Crippen molar-refractivity contribution in [3.63, 3.8) is 0 Å². The number of benzene rings is 2. The van der Waals surface area contributed by atoms with Gasteiger partial charge in [0.05, 0.1) is 10.3 Å². The average molecular weight is 286 g/mol. The third-order valence-corrected chi connectivity index (χ3v) is 3.93. The van der Waals surface area contributed by atoms with Gasteiger partial charge in [0.15, 0.2) is 5.00 Å². The number of fused-ring (bicyclic) bond motifs is 1.